The number of ether oxygens (including phenoxy) is 1. The number of benzene rings is 1. The smallest absolute Gasteiger partial charge is 0.338 e. The van der Waals surface area contributed by atoms with Crippen LogP contribution in [0.4, 0.5) is 0 Å². The van der Waals surface area contributed by atoms with E-state index in [0.717, 1.165) is 22.7 Å². The lowest BCUT2D eigenvalue weighted by molar-refractivity contribution is 0.0466. The van der Waals surface area contributed by atoms with Crippen LogP contribution < -0.4 is 0 Å². The lowest BCUT2D eigenvalue weighted by Crippen LogP contribution is -2.07. The van der Waals surface area contributed by atoms with Crippen LogP contribution in [0.3, 0.4) is 0 Å². The molecule has 0 aliphatic heterocycles. The Kier molecular flexibility index (Phi) is 3.82. The summed E-state index contributed by atoms with van der Waals surface area (Å²) in [7, 11) is 0. The molecule has 1 aromatic carbocycles. The predicted octanol–water partition coefficient (Wildman–Crippen LogP) is 3.79. The van der Waals surface area contributed by atoms with E-state index in [2.05, 4.69) is 4.98 Å². The second-order valence-corrected chi connectivity index (χ2v) is 5.79. The highest BCUT2D eigenvalue weighted by Crippen LogP contribution is 2.15. The Hall–Kier alpha value is -3.34. The van der Waals surface area contributed by atoms with Gasteiger partial charge in [0.05, 0.1) is 17.0 Å². The van der Waals surface area contributed by atoms with E-state index in [1.807, 2.05) is 76.9 Å². The van der Waals surface area contributed by atoms with E-state index in [1.54, 1.807) is 12.1 Å². The van der Waals surface area contributed by atoms with Crippen molar-refractivity contribution < 1.29 is 9.53 Å². The molecule has 4 rings (SSSR count). The molecule has 0 N–H and O–H groups in total. The van der Waals surface area contributed by atoms with Gasteiger partial charge in [0.1, 0.15) is 12.3 Å². The maximum atomic E-state index is 12.3. The zero-order valence-electron chi connectivity index (χ0n) is 13.8. The zero-order valence-corrected chi connectivity index (χ0v) is 13.8. The number of rotatable bonds is 4. The first-order valence-corrected chi connectivity index (χ1v) is 8.05. The quantitative estimate of drug-likeness (QED) is 0.535. The molecule has 4 aromatic rings. The molecule has 0 radical (unpaired) electrons. The molecule has 0 aliphatic rings. The first-order chi connectivity index (χ1) is 12.2. The summed E-state index contributed by atoms with van der Waals surface area (Å²) in [5, 5.41) is 0. The van der Waals surface area contributed by atoms with Gasteiger partial charge in [0, 0.05) is 24.3 Å². The fourth-order valence-corrected chi connectivity index (χ4v) is 2.83. The number of imidazole rings is 1. The molecule has 0 atom stereocenters. The van der Waals surface area contributed by atoms with Gasteiger partial charge >= 0.3 is 5.97 Å². The highest BCUT2D eigenvalue weighted by atomic mass is 16.5. The summed E-state index contributed by atoms with van der Waals surface area (Å²) in [5.74, 6) is -0.343. The van der Waals surface area contributed by atoms with Crippen molar-refractivity contribution in [3.05, 3.63) is 90.1 Å². The monoisotopic (exact) mass is 331 g/mol. The van der Waals surface area contributed by atoms with Crippen molar-refractivity contribution in [1.82, 2.24) is 14.0 Å². The number of hydrogen-bond acceptors (Lipinski definition) is 3. The number of aromatic nitrogens is 3. The van der Waals surface area contributed by atoms with Crippen LogP contribution in [0.15, 0.2) is 73.2 Å². The third kappa shape index (κ3) is 2.92. The van der Waals surface area contributed by atoms with Crippen molar-refractivity contribution in [3.8, 4) is 5.69 Å². The maximum absolute atomic E-state index is 12.3. The van der Waals surface area contributed by atoms with E-state index in [9.17, 15) is 4.79 Å². The van der Waals surface area contributed by atoms with Crippen molar-refractivity contribution >= 4 is 11.6 Å². The van der Waals surface area contributed by atoms with Crippen molar-refractivity contribution in [2.24, 2.45) is 0 Å². The topological polar surface area (TPSA) is 48.5 Å². The van der Waals surface area contributed by atoms with Gasteiger partial charge in [-0.05, 0) is 55.5 Å². The van der Waals surface area contributed by atoms with Gasteiger partial charge in [0.2, 0.25) is 0 Å². The Balaban J connectivity index is 1.49. The number of esters is 1. The van der Waals surface area contributed by atoms with E-state index in [4.69, 9.17) is 4.74 Å². The van der Waals surface area contributed by atoms with Crippen molar-refractivity contribution in [2.45, 2.75) is 13.5 Å². The van der Waals surface area contributed by atoms with Gasteiger partial charge in [-0.2, -0.15) is 0 Å². The summed E-state index contributed by atoms with van der Waals surface area (Å²) in [6.07, 6.45) is 5.84. The SMILES string of the molecule is Cc1nc2ccccn2c1COC(=O)c1ccc(-n2cccc2)cc1. The zero-order chi connectivity index (χ0) is 17.2. The summed E-state index contributed by atoms with van der Waals surface area (Å²) in [5.41, 5.74) is 4.12. The Morgan fingerprint density at radius 3 is 2.48 bits per heavy atom. The van der Waals surface area contributed by atoms with Crippen LogP contribution >= 0.6 is 0 Å². The van der Waals surface area contributed by atoms with Gasteiger partial charge in [0.15, 0.2) is 0 Å². The number of hydrogen-bond donors (Lipinski definition) is 0. The Bertz CT molecular complexity index is 1010. The standard InChI is InChI=1S/C20H17N3O2/c1-15-18(23-13-3-2-6-19(23)21-15)14-25-20(24)16-7-9-17(10-8-16)22-11-4-5-12-22/h2-13H,14H2,1H3. The summed E-state index contributed by atoms with van der Waals surface area (Å²) in [4.78, 5) is 16.8. The van der Waals surface area contributed by atoms with Gasteiger partial charge in [-0.15, -0.1) is 0 Å². The third-order valence-corrected chi connectivity index (χ3v) is 4.17. The fourth-order valence-electron chi connectivity index (χ4n) is 2.83. The molecule has 5 nitrogen and oxygen atoms in total. The second kappa shape index (κ2) is 6.28. The lowest BCUT2D eigenvalue weighted by atomic mass is 10.2. The number of aryl methyl sites for hydroxylation is 1. The van der Waals surface area contributed by atoms with Crippen LogP contribution in [0.1, 0.15) is 21.7 Å². The molecule has 0 spiro atoms. The molecular formula is C20H17N3O2. The average Bonchev–Trinajstić information content (AvgIpc) is 3.27. The third-order valence-electron chi connectivity index (χ3n) is 4.17. The molecule has 3 aromatic heterocycles. The number of fused-ring (bicyclic) bond motifs is 1. The number of pyridine rings is 1. The van der Waals surface area contributed by atoms with Gasteiger partial charge in [0.25, 0.3) is 0 Å². The first kappa shape index (κ1) is 15.2. The maximum Gasteiger partial charge on any atom is 0.338 e. The molecule has 0 bridgehead atoms. The average molecular weight is 331 g/mol. The minimum absolute atomic E-state index is 0.190. The van der Waals surface area contributed by atoms with E-state index in [1.165, 1.54) is 0 Å². The summed E-state index contributed by atoms with van der Waals surface area (Å²) in [6, 6.07) is 17.1. The molecule has 25 heavy (non-hydrogen) atoms. The van der Waals surface area contributed by atoms with Crippen LogP contribution in [-0.4, -0.2) is 19.9 Å². The summed E-state index contributed by atoms with van der Waals surface area (Å²) in [6.45, 7) is 2.11. The van der Waals surface area contributed by atoms with E-state index in [-0.39, 0.29) is 12.6 Å². The van der Waals surface area contributed by atoms with Gasteiger partial charge in [-0.1, -0.05) is 6.07 Å². The predicted molar refractivity (Wildman–Crippen MR) is 94.8 cm³/mol. The largest absolute Gasteiger partial charge is 0.456 e. The molecule has 3 heterocycles. The summed E-state index contributed by atoms with van der Waals surface area (Å²) >= 11 is 0. The lowest BCUT2D eigenvalue weighted by Gasteiger charge is -2.07. The molecule has 0 unspecified atom stereocenters. The van der Waals surface area contributed by atoms with Crippen LogP contribution in [-0.2, 0) is 11.3 Å². The number of carbonyl (C=O) groups is 1. The Morgan fingerprint density at radius 2 is 1.72 bits per heavy atom. The van der Waals surface area contributed by atoms with Gasteiger partial charge < -0.3 is 13.7 Å². The van der Waals surface area contributed by atoms with E-state index in [0.29, 0.717) is 5.56 Å². The van der Waals surface area contributed by atoms with Crippen molar-refractivity contribution in [1.29, 1.82) is 0 Å². The van der Waals surface area contributed by atoms with Crippen molar-refractivity contribution in [2.75, 3.05) is 0 Å². The first-order valence-electron chi connectivity index (χ1n) is 8.05. The molecular weight excluding hydrogens is 314 g/mol. The fraction of sp³-hybridized carbons (Fsp3) is 0.100. The van der Waals surface area contributed by atoms with Crippen LogP contribution in [0.2, 0.25) is 0 Å². The van der Waals surface area contributed by atoms with E-state index >= 15 is 0 Å². The van der Waals surface area contributed by atoms with Gasteiger partial charge in [-0.25, -0.2) is 9.78 Å². The van der Waals surface area contributed by atoms with Crippen LogP contribution in [0, 0.1) is 6.92 Å². The number of nitrogens with zero attached hydrogens (tertiary/aromatic N) is 3. The highest BCUT2D eigenvalue weighted by Gasteiger charge is 2.12. The normalized spacial score (nSPS) is 10.9. The highest BCUT2D eigenvalue weighted by molar-refractivity contribution is 5.89. The second-order valence-electron chi connectivity index (χ2n) is 5.79. The van der Waals surface area contributed by atoms with Crippen molar-refractivity contribution in [3.63, 3.8) is 0 Å². The molecule has 124 valence electrons. The van der Waals surface area contributed by atoms with Crippen LogP contribution in [0.5, 0.6) is 0 Å². The molecule has 5 heteroatoms. The molecule has 0 fully saturated rings. The Labute approximate surface area is 145 Å². The number of carbonyl (C=O) groups excluding carboxylic acids is 1. The summed E-state index contributed by atoms with van der Waals surface area (Å²) < 4.78 is 9.41. The molecule has 0 saturated heterocycles. The minimum atomic E-state index is -0.343. The van der Waals surface area contributed by atoms with E-state index < -0.39 is 0 Å². The minimum Gasteiger partial charge on any atom is -0.456 e. The Morgan fingerprint density at radius 1 is 1.00 bits per heavy atom. The van der Waals surface area contributed by atoms with Crippen LogP contribution in [0.25, 0.3) is 11.3 Å². The molecule has 0 saturated carbocycles. The van der Waals surface area contributed by atoms with Gasteiger partial charge in [-0.3, -0.25) is 0 Å². The molecule has 0 aliphatic carbocycles. The molecule has 0 amide bonds.